The number of hydrogen-bond donors (Lipinski definition) is 2. The van der Waals surface area contributed by atoms with Crippen molar-refractivity contribution < 1.29 is 14.5 Å². The third-order valence-electron chi connectivity index (χ3n) is 4.49. The summed E-state index contributed by atoms with van der Waals surface area (Å²) in [7, 11) is 1.35. The summed E-state index contributed by atoms with van der Waals surface area (Å²) in [4.78, 5) is 22.9. The second-order valence-corrected chi connectivity index (χ2v) is 8.93. The van der Waals surface area contributed by atoms with E-state index < -0.39 is 4.92 Å². The standard InChI is InChI=1S/C20H21N5O4S2/c1-11-5-6-14(7-12(11)2)21-19-23-24-20(31-19)30-10-18(26)22-15-9-17(29-4)16(25(27)28)8-13(15)3/h5-9H,10H2,1-4H3,(H,21,23)(H,22,26). The normalized spacial score (nSPS) is 10.6. The molecule has 0 fully saturated rings. The number of nitrogens with zero attached hydrogens (tertiary/aromatic N) is 3. The molecular weight excluding hydrogens is 438 g/mol. The Morgan fingerprint density at radius 1 is 1.16 bits per heavy atom. The molecule has 0 saturated heterocycles. The minimum absolute atomic E-state index is 0.0877. The Hall–Kier alpha value is -3.18. The topological polar surface area (TPSA) is 119 Å². The van der Waals surface area contributed by atoms with Crippen molar-refractivity contribution in [3.05, 3.63) is 57.1 Å². The van der Waals surface area contributed by atoms with Gasteiger partial charge in [-0.25, -0.2) is 0 Å². The number of nitro benzene ring substituents is 1. The van der Waals surface area contributed by atoms with Gasteiger partial charge >= 0.3 is 5.69 Å². The fourth-order valence-electron chi connectivity index (χ4n) is 2.69. The number of aromatic nitrogens is 2. The van der Waals surface area contributed by atoms with E-state index in [4.69, 9.17) is 4.74 Å². The smallest absolute Gasteiger partial charge is 0.311 e. The molecule has 11 heteroatoms. The zero-order chi connectivity index (χ0) is 22.5. The molecule has 0 atom stereocenters. The summed E-state index contributed by atoms with van der Waals surface area (Å²) in [5, 5.41) is 25.9. The molecule has 2 aromatic carbocycles. The van der Waals surface area contributed by atoms with Crippen LogP contribution in [0, 0.1) is 30.9 Å². The van der Waals surface area contributed by atoms with Crippen molar-refractivity contribution in [3.63, 3.8) is 0 Å². The molecule has 162 valence electrons. The minimum Gasteiger partial charge on any atom is -0.490 e. The highest BCUT2D eigenvalue weighted by Gasteiger charge is 2.18. The van der Waals surface area contributed by atoms with Gasteiger partial charge in [-0.1, -0.05) is 29.2 Å². The minimum atomic E-state index is -0.522. The van der Waals surface area contributed by atoms with E-state index >= 15 is 0 Å². The number of carbonyl (C=O) groups excluding carboxylic acids is 1. The third kappa shape index (κ3) is 5.70. The highest BCUT2D eigenvalue weighted by molar-refractivity contribution is 8.01. The zero-order valence-electron chi connectivity index (χ0n) is 17.4. The van der Waals surface area contributed by atoms with Gasteiger partial charge in [0.25, 0.3) is 0 Å². The summed E-state index contributed by atoms with van der Waals surface area (Å²) in [6.07, 6.45) is 0. The van der Waals surface area contributed by atoms with E-state index in [1.54, 1.807) is 6.92 Å². The number of carbonyl (C=O) groups is 1. The monoisotopic (exact) mass is 459 g/mol. The molecule has 1 amide bonds. The van der Waals surface area contributed by atoms with Crippen LogP contribution >= 0.6 is 23.1 Å². The fraction of sp³-hybridized carbons (Fsp3) is 0.250. The summed E-state index contributed by atoms with van der Waals surface area (Å²) in [6, 6.07) is 8.88. The lowest BCUT2D eigenvalue weighted by Crippen LogP contribution is -2.15. The lowest BCUT2D eigenvalue weighted by atomic mass is 10.1. The molecule has 0 unspecified atom stereocenters. The lowest BCUT2D eigenvalue weighted by molar-refractivity contribution is -0.385. The first kappa shape index (κ1) is 22.5. The van der Waals surface area contributed by atoms with Crippen LogP contribution in [0.15, 0.2) is 34.7 Å². The number of benzene rings is 2. The summed E-state index contributed by atoms with van der Waals surface area (Å²) >= 11 is 2.62. The number of nitrogens with one attached hydrogen (secondary N) is 2. The molecule has 0 aliphatic heterocycles. The van der Waals surface area contributed by atoms with Crippen LogP contribution in [0.25, 0.3) is 0 Å². The van der Waals surface area contributed by atoms with Crippen LogP contribution in [-0.4, -0.2) is 33.9 Å². The number of aryl methyl sites for hydroxylation is 3. The first-order valence-corrected chi connectivity index (χ1v) is 11.0. The van der Waals surface area contributed by atoms with Crippen molar-refractivity contribution in [2.45, 2.75) is 25.1 Å². The average molecular weight is 460 g/mol. The molecule has 9 nitrogen and oxygen atoms in total. The maximum atomic E-state index is 12.4. The van der Waals surface area contributed by atoms with E-state index in [9.17, 15) is 14.9 Å². The van der Waals surface area contributed by atoms with Crippen LogP contribution in [0.4, 0.5) is 22.2 Å². The van der Waals surface area contributed by atoms with E-state index in [1.807, 2.05) is 25.1 Å². The fourth-order valence-corrected chi connectivity index (χ4v) is 4.26. The van der Waals surface area contributed by atoms with Crippen LogP contribution in [0.2, 0.25) is 0 Å². The maximum Gasteiger partial charge on any atom is 0.311 e. The lowest BCUT2D eigenvalue weighted by Gasteiger charge is -2.10. The van der Waals surface area contributed by atoms with Gasteiger partial charge in [0.1, 0.15) is 0 Å². The van der Waals surface area contributed by atoms with E-state index in [0.29, 0.717) is 20.7 Å². The maximum absolute atomic E-state index is 12.4. The molecule has 2 N–H and O–H groups in total. The quantitative estimate of drug-likeness (QED) is 0.279. The van der Waals surface area contributed by atoms with Gasteiger partial charge in [0.05, 0.1) is 17.8 Å². The number of hydrogen-bond acceptors (Lipinski definition) is 9. The number of methoxy groups -OCH3 is 1. The molecule has 0 radical (unpaired) electrons. The molecule has 31 heavy (non-hydrogen) atoms. The molecule has 0 spiro atoms. The first-order chi connectivity index (χ1) is 14.8. The van der Waals surface area contributed by atoms with Crippen molar-refractivity contribution >= 4 is 51.2 Å². The zero-order valence-corrected chi connectivity index (χ0v) is 19.0. The van der Waals surface area contributed by atoms with Gasteiger partial charge in [-0.05, 0) is 49.6 Å². The summed E-state index contributed by atoms with van der Waals surface area (Å²) in [6.45, 7) is 5.78. The van der Waals surface area contributed by atoms with Gasteiger partial charge < -0.3 is 15.4 Å². The second kappa shape index (κ2) is 9.75. The molecule has 0 bridgehead atoms. The van der Waals surface area contributed by atoms with Gasteiger partial charge in [-0.3, -0.25) is 14.9 Å². The number of amides is 1. The Balaban J connectivity index is 1.59. The second-order valence-electron chi connectivity index (χ2n) is 6.73. The van der Waals surface area contributed by atoms with Crippen LogP contribution in [-0.2, 0) is 4.79 Å². The molecule has 3 aromatic rings. The number of anilines is 3. The van der Waals surface area contributed by atoms with Crippen molar-refractivity contribution in [2.24, 2.45) is 0 Å². The highest BCUT2D eigenvalue weighted by atomic mass is 32.2. The van der Waals surface area contributed by atoms with Gasteiger partial charge in [-0.2, -0.15) is 0 Å². The van der Waals surface area contributed by atoms with Crippen molar-refractivity contribution in [1.82, 2.24) is 10.2 Å². The predicted octanol–water partition coefficient (Wildman–Crippen LogP) is 4.85. The Kier molecular flexibility index (Phi) is 7.08. The SMILES string of the molecule is COc1cc(NC(=O)CSc2nnc(Nc3ccc(C)c(C)c3)s2)c(C)cc1[N+](=O)[O-]. The number of thioether (sulfide) groups is 1. The van der Waals surface area contributed by atoms with E-state index in [2.05, 4.69) is 27.8 Å². The summed E-state index contributed by atoms with van der Waals surface area (Å²) in [5.41, 5.74) is 4.20. The molecule has 0 saturated carbocycles. The predicted molar refractivity (Wildman–Crippen MR) is 123 cm³/mol. The van der Waals surface area contributed by atoms with Gasteiger partial charge in [-0.15, -0.1) is 10.2 Å². The largest absolute Gasteiger partial charge is 0.490 e. The summed E-state index contributed by atoms with van der Waals surface area (Å²) < 4.78 is 5.71. The average Bonchev–Trinajstić information content (AvgIpc) is 3.17. The van der Waals surface area contributed by atoms with Gasteiger partial charge in [0.15, 0.2) is 10.1 Å². The number of rotatable bonds is 8. The van der Waals surface area contributed by atoms with Crippen LogP contribution in [0.1, 0.15) is 16.7 Å². The van der Waals surface area contributed by atoms with Gasteiger partial charge in [0.2, 0.25) is 11.0 Å². The molecular formula is C20H21N5O4S2. The third-order valence-corrected chi connectivity index (χ3v) is 6.46. The molecule has 0 aliphatic carbocycles. The van der Waals surface area contributed by atoms with Crippen LogP contribution < -0.4 is 15.4 Å². The van der Waals surface area contributed by atoms with Crippen molar-refractivity contribution in [3.8, 4) is 5.75 Å². The van der Waals surface area contributed by atoms with Crippen molar-refractivity contribution in [1.29, 1.82) is 0 Å². The molecule has 0 aliphatic rings. The number of nitro groups is 1. The van der Waals surface area contributed by atoms with E-state index in [-0.39, 0.29) is 23.1 Å². The molecule has 1 heterocycles. The Morgan fingerprint density at radius 3 is 2.61 bits per heavy atom. The van der Waals surface area contributed by atoms with Gasteiger partial charge in [0, 0.05) is 23.5 Å². The molecule has 3 rings (SSSR count). The Morgan fingerprint density at radius 2 is 1.94 bits per heavy atom. The highest BCUT2D eigenvalue weighted by Crippen LogP contribution is 2.33. The molecule has 1 aromatic heterocycles. The Bertz CT molecular complexity index is 1130. The van der Waals surface area contributed by atoms with Crippen LogP contribution in [0.5, 0.6) is 5.75 Å². The van der Waals surface area contributed by atoms with E-state index in [1.165, 1.54) is 53.5 Å². The number of ether oxygens (including phenoxy) is 1. The Labute approximate surface area is 187 Å². The van der Waals surface area contributed by atoms with Crippen LogP contribution in [0.3, 0.4) is 0 Å². The summed E-state index contributed by atoms with van der Waals surface area (Å²) in [5.74, 6) is -0.0515. The van der Waals surface area contributed by atoms with E-state index in [0.717, 1.165) is 5.69 Å². The first-order valence-electron chi connectivity index (χ1n) is 9.20. The van der Waals surface area contributed by atoms with Crippen molar-refractivity contribution in [2.75, 3.05) is 23.5 Å².